The van der Waals surface area contributed by atoms with Crippen LogP contribution in [-0.4, -0.2) is 24.2 Å². The number of hydrogen-bond acceptors (Lipinski definition) is 3. The van der Waals surface area contributed by atoms with Gasteiger partial charge in [-0.15, -0.1) is 0 Å². The van der Waals surface area contributed by atoms with Gasteiger partial charge in [0.15, 0.2) is 0 Å². The van der Waals surface area contributed by atoms with E-state index < -0.39 is 0 Å². The van der Waals surface area contributed by atoms with Gasteiger partial charge in [-0.05, 0) is 31.9 Å². The molecule has 0 radical (unpaired) electrons. The average molecular weight is 192 g/mol. The van der Waals surface area contributed by atoms with Crippen LogP contribution in [0, 0.1) is 6.92 Å². The number of hydrogen-bond donors (Lipinski definition) is 1. The highest BCUT2D eigenvalue weighted by atomic mass is 16.5. The topological polar surface area (TPSA) is 34.1 Å². The van der Waals surface area contributed by atoms with Crippen molar-refractivity contribution < 1.29 is 4.74 Å². The van der Waals surface area contributed by atoms with E-state index in [9.17, 15) is 0 Å². The molecule has 0 saturated heterocycles. The maximum atomic E-state index is 5.51. The Kier molecular flexibility index (Phi) is 2.99. The van der Waals surface area contributed by atoms with Crippen molar-refractivity contribution in [1.82, 2.24) is 10.3 Å². The zero-order chi connectivity index (χ0) is 9.80. The van der Waals surface area contributed by atoms with Gasteiger partial charge in [0.1, 0.15) is 12.4 Å². The quantitative estimate of drug-likeness (QED) is 0.718. The molecule has 0 spiro atoms. The summed E-state index contributed by atoms with van der Waals surface area (Å²) in [4.78, 5) is 4.16. The SMILES string of the molecule is Cc1ccc(OCCNC2CC2)cn1. The minimum atomic E-state index is 0.723. The van der Waals surface area contributed by atoms with Gasteiger partial charge in [0.2, 0.25) is 0 Å². The number of pyridine rings is 1. The van der Waals surface area contributed by atoms with Crippen LogP contribution in [0.2, 0.25) is 0 Å². The molecule has 1 heterocycles. The summed E-state index contributed by atoms with van der Waals surface area (Å²) >= 11 is 0. The highest BCUT2D eigenvalue weighted by Crippen LogP contribution is 2.18. The van der Waals surface area contributed by atoms with Crippen LogP contribution >= 0.6 is 0 Å². The summed E-state index contributed by atoms with van der Waals surface area (Å²) in [5.41, 5.74) is 1.02. The van der Waals surface area contributed by atoms with Gasteiger partial charge in [-0.1, -0.05) is 0 Å². The Balaban J connectivity index is 1.66. The van der Waals surface area contributed by atoms with Gasteiger partial charge >= 0.3 is 0 Å². The molecular formula is C11H16N2O. The summed E-state index contributed by atoms with van der Waals surface area (Å²) in [6.45, 7) is 3.62. The summed E-state index contributed by atoms with van der Waals surface area (Å²) < 4.78 is 5.51. The van der Waals surface area contributed by atoms with Crippen molar-refractivity contribution in [3.8, 4) is 5.75 Å². The van der Waals surface area contributed by atoms with Crippen molar-refractivity contribution in [3.63, 3.8) is 0 Å². The summed E-state index contributed by atoms with van der Waals surface area (Å²) in [5, 5.41) is 3.39. The largest absolute Gasteiger partial charge is 0.491 e. The summed E-state index contributed by atoms with van der Waals surface area (Å²) in [6, 6.07) is 4.68. The molecule has 1 N–H and O–H groups in total. The standard InChI is InChI=1S/C11H16N2O/c1-9-2-5-11(8-13-9)14-7-6-12-10-3-4-10/h2,5,8,10,12H,3-4,6-7H2,1H3. The molecule has 0 amide bonds. The van der Waals surface area contributed by atoms with Gasteiger partial charge in [0, 0.05) is 18.3 Å². The Bertz CT molecular complexity index is 280. The first kappa shape index (κ1) is 9.46. The summed E-state index contributed by atoms with van der Waals surface area (Å²) in [7, 11) is 0. The maximum absolute atomic E-state index is 5.51. The lowest BCUT2D eigenvalue weighted by atomic mass is 10.4. The summed E-state index contributed by atoms with van der Waals surface area (Å²) in [5.74, 6) is 0.855. The molecule has 1 fully saturated rings. The van der Waals surface area contributed by atoms with Gasteiger partial charge in [-0.25, -0.2) is 0 Å². The molecule has 1 aromatic heterocycles. The predicted molar refractivity (Wildman–Crippen MR) is 55.5 cm³/mol. The molecule has 1 aliphatic carbocycles. The minimum absolute atomic E-state index is 0.723. The lowest BCUT2D eigenvalue weighted by Crippen LogP contribution is -2.22. The fourth-order valence-electron chi connectivity index (χ4n) is 1.26. The van der Waals surface area contributed by atoms with E-state index in [1.165, 1.54) is 12.8 Å². The first-order chi connectivity index (χ1) is 6.84. The van der Waals surface area contributed by atoms with E-state index in [0.717, 1.165) is 30.6 Å². The number of aromatic nitrogens is 1. The highest BCUT2D eigenvalue weighted by molar-refractivity contribution is 5.18. The van der Waals surface area contributed by atoms with E-state index in [-0.39, 0.29) is 0 Å². The zero-order valence-electron chi connectivity index (χ0n) is 8.49. The van der Waals surface area contributed by atoms with Crippen LogP contribution in [0.15, 0.2) is 18.3 Å². The minimum Gasteiger partial charge on any atom is -0.491 e. The molecule has 0 atom stereocenters. The van der Waals surface area contributed by atoms with Gasteiger partial charge in [0.25, 0.3) is 0 Å². The second-order valence-corrected chi connectivity index (χ2v) is 3.71. The Hall–Kier alpha value is -1.09. The third-order valence-electron chi connectivity index (χ3n) is 2.27. The smallest absolute Gasteiger partial charge is 0.137 e. The molecule has 1 saturated carbocycles. The molecule has 0 unspecified atom stereocenters. The van der Waals surface area contributed by atoms with E-state index in [1.54, 1.807) is 6.20 Å². The van der Waals surface area contributed by atoms with Crippen LogP contribution < -0.4 is 10.1 Å². The molecule has 3 heteroatoms. The normalized spacial score (nSPS) is 15.5. The molecular weight excluding hydrogens is 176 g/mol. The van der Waals surface area contributed by atoms with Crippen molar-refractivity contribution in [2.24, 2.45) is 0 Å². The maximum Gasteiger partial charge on any atom is 0.137 e. The van der Waals surface area contributed by atoms with Crippen LogP contribution in [0.5, 0.6) is 5.75 Å². The predicted octanol–water partition coefficient (Wildman–Crippen LogP) is 1.52. The summed E-state index contributed by atoms with van der Waals surface area (Å²) in [6.07, 6.45) is 4.42. The molecule has 0 aromatic carbocycles. The van der Waals surface area contributed by atoms with Gasteiger partial charge in [-0.2, -0.15) is 0 Å². The van der Waals surface area contributed by atoms with Crippen molar-refractivity contribution >= 4 is 0 Å². The molecule has 1 aromatic rings. The third kappa shape index (κ3) is 3.00. The van der Waals surface area contributed by atoms with Crippen LogP contribution in [0.3, 0.4) is 0 Å². The number of rotatable bonds is 5. The van der Waals surface area contributed by atoms with E-state index >= 15 is 0 Å². The molecule has 76 valence electrons. The van der Waals surface area contributed by atoms with E-state index in [4.69, 9.17) is 4.74 Å². The molecule has 3 nitrogen and oxygen atoms in total. The number of nitrogens with zero attached hydrogens (tertiary/aromatic N) is 1. The van der Waals surface area contributed by atoms with Gasteiger partial charge < -0.3 is 10.1 Å². The van der Waals surface area contributed by atoms with Crippen LogP contribution in [0.1, 0.15) is 18.5 Å². The van der Waals surface area contributed by atoms with Gasteiger partial charge in [-0.3, -0.25) is 4.98 Å². The third-order valence-corrected chi connectivity index (χ3v) is 2.27. The number of nitrogens with one attached hydrogen (secondary N) is 1. The Morgan fingerprint density at radius 3 is 3.00 bits per heavy atom. The van der Waals surface area contributed by atoms with E-state index in [0.29, 0.717) is 0 Å². The molecule has 0 bridgehead atoms. The number of aryl methyl sites for hydroxylation is 1. The van der Waals surface area contributed by atoms with E-state index in [2.05, 4.69) is 10.3 Å². The highest BCUT2D eigenvalue weighted by Gasteiger charge is 2.19. The lowest BCUT2D eigenvalue weighted by molar-refractivity contribution is 0.312. The van der Waals surface area contributed by atoms with Crippen LogP contribution in [-0.2, 0) is 0 Å². The zero-order valence-corrected chi connectivity index (χ0v) is 8.49. The fraction of sp³-hybridized carbons (Fsp3) is 0.545. The second kappa shape index (κ2) is 4.42. The molecule has 0 aliphatic heterocycles. The fourth-order valence-corrected chi connectivity index (χ4v) is 1.26. The molecule has 14 heavy (non-hydrogen) atoms. The van der Waals surface area contributed by atoms with Crippen molar-refractivity contribution in [2.45, 2.75) is 25.8 Å². The lowest BCUT2D eigenvalue weighted by Gasteiger charge is -2.06. The van der Waals surface area contributed by atoms with Gasteiger partial charge in [0.05, 0.1) is 6.20 Å². The number of ether oxygens (including phenoxy) is 1. The molecule has 2 rings (SSSR count). The Labute approximate surface area is 84.5 Å². The van der Waals surface area contributed by atoms with Crippen LogP contribution in [0.25, 0.3) is 0 Å². The van der Waals surface area contributed by atoms with Crippen LogP contribution in [0.4, 0.5) is 0 Å². The Morgan fingerprint density at radius 1 is 1.50 bits per heavy atom. The monoisotopic (exact) mass is 192 g/mol. The van der Waals surface area contributed by atoms with Crippen molar-refractivity contribution in [2.75, 3.05) is 13.2 Å². The first-order valence-corrected chi connectivity index (χ1v) is 5.13. The first-order valence-electron chi connectivity index (χ1n) is 5.13. The molecule has 1 aliphatic rings. The Morgan fingerprint density at radius 2 is 2.36 bits per heavy atom. The average Bonchev–Trinajstić information content (AvgIpc) is 2.99. The van der Waals surface area contributed by atoms with E-state index in [1.807, 2.05) is 19.1 Å². The van der Waals surface area contributed by atoms with Crippen molar-refractivity contribution in [1.29, 1.82) is 0 Å². The van der Waals surface area contributed by atoms with Crippen molar-refractivity contribution in [3.05, 3.63) is 24.0 Å². The second-order valence-electron chi connectivity index (χ2n) is 3.71.